The van der Waals surface area contributed by atoms with Gasteiger partial charge in [0.2, 0.25) is 0 Å². The second kappa shape index (κ2) is 4.29. The lowest BCUT2D eigenvalue weighted by atomic mass is 10.2. The van der Waals surface area contributed by atoms with E-state index in [9.17, 15) is 9.90 Å². The van der Waals surface area contributed by atoms with E-state index in [0.29, 0.717) is 11.4 Å². The van der Waals surface area contributed by atoms with Crippen molar-refractivity contribution in [2.45, 2.75) is 0 Å². The molecule has 2 aromatic rings. The summed E-state index contributed by atoms with van der Waals surface area (Å²) >= 11 is 0. The Labute approximate surface area is 98.9 Å². The van der Waals surface area contributed by atoms with Crippen LogP contribution in [0.25, 0.3) is 0 Å². The molecule has 5 nitrogen and oxygen atoms in total. The van der Waals surface area contributed by atoms with Crippen LogP contribution in [-0.4, -0.2) is 27.6 Å². The molecule has 88 valence electrons. The minimum atomic E-state index is -0.212. The van der Waals surface area contributed by atoms with Gasteiger partial charge in [0, 0.05) is 32.0 Å². The molecule has 0 fully saturated rings. The SMILES string of the molecule is CN(C(=O)c1cn(C)cn1)c1cccc(O)c1. The van der Waals surface area contributed by atoms with Crippen molar-refractivity contribution in [3.8, 4) is 5.75 Å². The van der Waals surface area contributed by atoms with Gasteiger partial charge in [-0.15, -0.1) is 0 Å². The monoisotopic (exact) mass is 231 g/mol. The number of phenols is 1. The van der Waals surface area contributed by atoms with Gasteiger partial charge in [-0.1, -0.05) is 6.07 Å². The zero-order chi connectivity index (χ0) is 12.4. The van der Waals surface area contributed by atoms with Gasteiger partial charge in [0.1, 0.15) is 11.4 Å². The third kappa shape index (κ3) is 2.28. The Morgan fingerprint density at radius 1 is 1.47 bits per heavy atom. The highest BCUT2D eigenvalue weighted by molar-refractivity contribution is 6.04. The van der Waals surface area contributed by atoms with Crippen LogP contribution in [0.15, 0.2) is 36.8 Å². The van der Waals surface area contributed by atoms with Gasteiger partial charge < -0.3 is 14.6 Å². The molecule has 0 saturated carbocycles. The molecule has 5 heteroatoms. The van der Waals surface area contributed by atoms with Crippen molar-refractivity contribution in [3.63, 3.8) is 0 Å². The summed E-state index contributed by atoms with van der Waals surface area (Å²) in [5, 5.41) is 9.36. The Bertz CT molecular complexity index is 548. The van der Waals surface area contributed by atoms with Crippen molar-refractivity contribution < 1.29 is 9.90 Å². The molecule has 0 radical (unpaired) electrons. The maximum absolute atomic E-state index is 12.0. The number of aromatic nitrogens is 2. The summed E-state index contributed by atoms with van der Waals surface area (Å²) in [5.74, 6) is -0.0839. The fourth-order valence-corrected chi connectivity index (χ4v) is 1.51. The molecule has 1 amide bonds. The van der Waals surface area contributed by atoms with Crippen molar-refractivity contribution >= 4 is 11.6 Å². The third-order valence-electron chi connectivity index (χ3n) is 2.45. The standard InChI is InChI=1S/C12H13N3O2/c1-14-7-11(13-8-14)12(17)15(2)9-4-3-5-10(16)6-9/h3-8,16H,1-2H3. The second-order valence-electron chi connectivity index (χ2n) is 3.81. The second-order valence-corrected chi connectivity index (χ2v) is 3.81. The van der Waals surface area contributed by atoms with E-state index in [0.717, 1.165) is 0 Å². The molecular formula is C12H13N3O2. The summed E-state index contributed by atoms with van der Waals surface area (Å²) in [6.45, 7) is 0. The fourth-order valence-electron chi connectivity index (χ4n) is 1.51. The quantitative estimate of drug-likeness (QED) is 0.850. The number of phenolic OH excluding ortho intramolecular Hbond substituents is 1. The first-order chi connectivity index (χ1) is 8.08. The maximum Gasteiger partial charge on any atom is 0.278 e. The summed E-state index contributed by atoms with van der Waals surface area (Å²) < 4.78 is 1.71. The molecule has 0 aliphatic heterocycles. The van der Waals surface area contributed by atoms with Gasteiger partial charge in [0.25, 0.3) is 5.91 Å². The van der Waals surface area contributed by atoms with E-state index < -0.39 is 0 Å². The van der Waals surface area contributed by atoms with Crippen molar-refractivity contribution in [2.24, 2.45) is 7.05 Å². The van der Waals surface area contributed by atoms with Gasteiger partial charge in [0.05, 0.1) is 6.33 Å². The number of carbonyl (C=O) groups is 1. The van der Waals surface area contributed by atoms with Crippen molar-refractivity contribution in [2.75, 3.05) is 11.9 Å². The lowest BCUT2D eigenvalue weighted by Crippen LogP contribution is -2.26. The van der Waals surface area contributed by atoms with Crippen LogP contribution in [0, 0.1) is 0 Å². The number of imidazole rings is 1. The molecule has 1 aromatic heterocycles. The first-order valence-electron chi connectivity index (χ1n) is 5.13. The Hall–Kier alpha value is -2.30. The normalized spacial score (nSPS) is 10.2. The number of hydrogen-bond acceptors (Lipinski definition) is 3. The number of amides is 1. The van der Waals surface area contributed by atoms with Crippen LogP contribution < -0.4 is 4.90 Å². The predicted octanol–water partition coefficient (Wildman–Crippen LogP) is 1.40. The minimum Gasteiger partial charge on any atom is -0.508 e. The first kappa shape index (κ1) is 11.2. The summed E-state index contributed by atoms with van der Waals surface area (Å²) in [7, 11) is 3.45. The molecule has 1 N–H and O–H groups in total. The molecule has 2 rings (SSSR count). The Morgan fingerprint density at radius 3 is 2.82 bits per heavy atom. The molecule has 0 unspecified atom stereocenters. The van der Waals surface area contributed by atoms with Crippen LogP contribution in [-0.2, 0) is 7.05 Å². The van der Waals surface area contributed by atoms with E-state index in [1.807, 2.05) is 0 Å². The van der Waals surface area contributed by atoms with Crippen LogP contribution >= 0.6 is 0 Å². The Balaban J connectivity index is 2.26. The lowest BCUT2D eigenvalue weighted by Gasteiger charge is -2.15. The summed E-state index contributed by atoms with van der Waals surface area (Å²) in [6, 6.07) is 6.52. The fraction of sp³-hybridized carbons (Fsp3) is 0.167. The van der Waals surface area contributed by atoms with Crippen LogP contribution in [0.1, 0.15) is 10.5 Å². The number of rotatable bonds is 2. The first-order valence-corrected chi connectivity index (χ1v) is 5.13. The summed E-state index contributed by atoms with van der Waals surface area (Å²) in [4.78, 5) is 17.5. The third-order valence-corrected chi connectivity index (χ3v) is 2.45. The van der Waals surface area contributed by atoms with Crippen LogP contribution in [0.5, 0.6) is 5.75 Å². The number of hydrogen-bond donors (Lipinski definition) is 1. The Morgan fingerprint density at radius 2 is 2.24 bits per heavy atom. The average molecular weight is 231 g/mol. The summed E-state index contributed by atoms with van der Waals surface area (Å²) in [5.41, 5.74) is 0.999. The smallest absolute Gasteiger partial charge is 0.278 e. The zero-order valence-electron chi connectivity index (χ0n) is 9.66. The molecule has 0 aliphatic rings. The van der Waals surface area contributed by atoms with Gasteiger partial charge in [-0.2, -0.15) is 0 Å². The number of benzene rings is 1. The van der Waals surface area contributed by atoms with E-state index in [2.05, 4.69) is 4.98 Å². The molecule has 0 saturated heterocycles. The van der Waals surface area contributed by atoms with Crippen LogP contribution in [0.4, 0.5) is 5.69 Å². The Kier molecular flexibility index (Phi) is 2.82. The van der Waals surface area contributed by atoms with Crippen molar-refractivity contribution in [1.82, 2.24) is 9.55 Å². The molecule has 0 atom stereocenters. The van der Waals surface area contributed by atoms with Crippen molar-refractivity contribution in [3.05, 3.63) is 42.5 Å². The van der Waals surface area contributed by atoms with Gasteiger partial charge >= 0.3 is 0 Å². The number of nitrogens with zero attached hydrogens (tertiary/aromatic N) is 3. The van der Waals surface area contributed by atoms with Crippen LogP contribution in [0.2, 0.25) is 0 Å². The van der Waals surface area contributed by atoms with Crippen LogP contribution in [0.3, 0.4) is 0 Å². The molecule has 1 heterocycles. The molecular weight excluding hydrogens is 218 g/mol. The van der Waals surface area contributed by atoms with E-state index in [4.69, 9.17) is 0 Å². The zero-order valence-corrected chi connectivity index (χ0v) is 9.66. The molecule has 0 aliphatic carbocycles. The number of carbonyl (C=O) groups excluding carboxylic acids is 1. The molecule has 17 heavy (non-hydrogen) atoms. The van der Waals surface area contributed by atoms with E-state index >= 15 is 0 Å². The van der Waals surface area contributed by atoms with Gasteiger partial charge in [-0.05, 0) is 12.1 Å². The maximum atomic E-state index is 12.0. The molecule has 1 aromatic carbocycles. The van der Waals surface area contributed by atoms with Gasteiger partial charge in [-0.25, -0.2) is 4.98 Å². The average Bonchev–Trinajstić information content (AvgIpc) is 2.74. The molecule has 0 bridgehead atoms. The highest BCUT2D eigenvalue weighted by Crippen LogP contribution is 2.20. The lowest BCUT2D eigenvalue weighted by molar-refractivity contribution is 0.0988. The van der Waals surface area contributed by atoms with Crippen molar-refractivity contribution in [1.29, 1.82) is 0 Å². The van der Waals surface area contributed by atoms with Gasteiger partial charge in [-0.3, -0.25) is 4.79 Å². The number of aromatic hydroxyl groups is 1. The highest BCUT2D eigenvalue weighted by atomic mass is 16.3. The largest absolute Gasteiger partial charge is 0.508 e. The predicted molar refractivity (Wildman–Crippen MR) is 64.0 cm³/mol. The highest BCUT2D eigenvalue weighted by Gasteiger charge is 2.15. The van der Waals surface area contributed by atoms with E-state index in [-0.39, 0.29) is 11.7 Å². The number of anilines is 1. The topological polar surface area (TPSA) is 58.4 Å². The van der Waals surface area contributed by atoms with E-state index in [1.165, 1.54) is 11.0 Å². The summed E-state index contributed by atoms with van der Waals surface area (Å²) in [6.07, 6.45) is 3.23. The van der Waals surface area contributed by atoms with E-state index in [1.54, 1.807) is 49.4 Å². The minimum absolute atomic E-state index is 0.128. The molecule has 0 spiro atoms. The number of aryl methyl sites for hydroxylation is 1. The van der Waals surface area contributed by atoms with Gasteiger partial charge in [0.15, 0.2) is 0 Å².